The van der Waals surface area contributed by atoms with E-state index in [0.29, 0.717) is 5.57 Å². The van der Waals surface area contributed by atoms with Gasteiger partial charge in [0.05, 0.1) is 0 Å². The Bertz CT molecular complexity index is 407. The normalized spacial score (nSPS) is 30.1. The zero-order valence-electron chi connectivity index (χ0n) is 7.97. The van der Waals surface area contributed by atoms with E-state index in [1.807, 2.05) is 30.3 Å². The van der Waals surface area contributed by atoms with Crippen molar-refractivity contribution in [2.75, 3.05) is 0 Å². The fraction of sp³-hybridized carbons (Fsp3) is 0.167. The van der Waals surface area contributed by atoms with Crippen molar-refractivity contribution >= 4 is 17.2 Å². The average molecular weight is 223 g/mol. The van der Waals surface area contributed by atoms with Crippen molar-refractivity contribution in [3.05, 3.63) is 54.1 Å². The number of rotatable bonds is 1. The molecule has 0 spiro atoms. The van der Waals surface area contributed by atoms with Gasteiger partial charge in [-0.2, -0.15) is 0 Å². The van der Waals surface area contributed by atoms with Gasteiger partial charge >= 0.3 is 0 Å². The van der Waals surface area contributed by atoms with Crippen LogP contribution in [0.5, 0.6) is 0 Å². The van der Waals surface area contributed by atoms with Crippen molar-refractivity contribution in [3.8, 4) is 0 Å². The van der Waals surface area contributed by atoms with Gasteiger partial charge in [0.2, 0.25) is 0 Å². The van der Waals surface area contributed by atoms with Gasteiger partial charge < -0.3 is 10.2 Å². The molecule has 1 aromatic rings. The van der Waals surface area contributed by atoms with Gasteiger partial charge in [0.15, 0.2) is 5.06 Å². The van der Waals surface area contributed by atoms with Crippen LogP contribution in [0.3, 0.4) is 0 Å². The van der Waals surface area contributed by atoms with Crippen molar-refractivity contribution in [2.45, 2.75) is 11.2 Å². The van der Waals surface area contributed by atoms with E-state index in [9.17, 15) is 10.2 Å². The second-order valence-electron chi connectivity index (χ2n) is 3.45. The highest BCUT2D eigenvalue weighted by Crippen LogP contribution is 2.36. The van der Waals surface area contributed by atoms with Gasteiger partial charge in [-0.05, 0) is 5.56 Å². The molecule has 0 heterocycles. The minimum Gasteiger partial charge on any atom is -0.384 e. The van der Waals surface area contributed by atoms with Crippen LogP contribution in [0.2, 0.25) is 0 Å². The molecule has 78 valence electrons. The Labute approximate surface area is 93.1 Å². The summed E-state index contributed by atoms with van der Waals surface area (Å²) in [6, 6.07) is 9.27. The van der Waals surface area contributed by atoms with Gasteiger partial charge in [-0.3, -0.25) is 0 Å². The third-order valence-electron chi connectivity index (χ3n) is 2.41. The maximum Gasteiger partial charge on any atom is 0.194 e. The maximum atomic E-state index is 9.95. The van der Waals surface area contributed by atoms with Crippen molar-refractivity contribution in [3.63, 3.8) is 0 Å². The third-order valence-corrected chi connectivity index (χ3v) is 2.84. The Kier molecular flexibility index (Phi) is 2.65. The topological polar surface area (TPSA) is 40.5 Å². The molecule has 2 atom stereocenters. The molecule has 0 amide bonds. The molecule has 1 aliphatic rings. The minimum atomic E-state index is -1.74. The smallest absolute Gasteiger partial charge is 0.194 e. The number of hydrogen-bond donors (Lipinski definition) is 2. The molecule has 1 aliphatic carbocycles. The summed E-state index contributed by atoms with van der Waals surface area (Å²) >= 11 is 5.91. The number of benzene rings is 1. The number of aliphatic hydroxyl groups excluding tert-OH is 1. The fourth-order valence-corrected chi connectivity index (χ4v) is 1.82. The summed E-state index contributed by atoms with van der Waals surface area (Å²) in [5, 5.41) is 17.8. The molecule has 0 bridgehead atoms. The second kappa shape index (κ2) is 3.81. The van der Waals surface area contributed by atoms with Gasteiger partial charge in [0.1, 0.15) is 6.10 Å². The molecule has 3 heteroatoms. The molecule has 0 radical (unpaired) electrons. The van der Waals surface area contributed by atoms with E-state index in [1.54, 1.807) is 12.2 Å². The predicted molar refractivity (Wildman–Crippen MR) is 60.4 cm³/mol. The van der Waals surface area contributed by atoms with E-state index in [4.69, 9.17) is 11.6 Å². The van der Waals surface area contributed by atoms with E-state index in [1.165, 1.54) is 6.08 Å². The molecule has 0 aliphatic heterocycles. The standard InChI is InChI=1S/C12H11ClO2/c13-12(15)10(7-4-8-11(12)14)9-5-2-1-3-6-9/h1-8,11,14-15H. The summed E-state index contributed by atoms with van der Waals surface area (Å²) in [6.07, 6.45) is 3.76. The Hall–Kier alpha value is -1.09. The van der Waals surface area contributed by atoms with E-state index >= 15 is 0 Å². The largest absolute Gasteiger partial charge is 0.384 e. The zero-order valence-corrected chi connectivity index (χ0v) is 8.72. The summed E-state index contributed by atoms with van der Waals surface area (Å²) in [6.45, 7) is 0. The first-order valence-corrected chi connectivity index (χ1v) is 5.04. The first kappa shape index (κ1) is 10.4. The Morgan fingerprint density at radius 3 is 2.53 bits per heavy atom. The van der Waals surface area contributed by atoms with Gasteiger partial charge in [0, 0.05) is 5.57 Å². The van der Waals surface area contributed by atoms with Crippen LogP contribution in [-0.2, 0) is 0 Å². The molecular formula is C12H11ClO2. The van der Waals surface area contributed by atoms with Gasteiger partial charge in [-0.15, -0.1) is 0 Å². The highest BCUT2D eigenvalue weighted by molar-refractivity contribution is 6.29. The Morgan fingerprint density at radius 2 is 1.87 bits per heavy atom. The minimum absolute atomic E-state index is 0.514. The van der Waals surface area contributed by atoms with Crippen LogP contribution in [0.25, 0.3) is 5.57 Å². The van der Waals surface area contributed by atoms with Crippen molar-refractivity contribution in [1.29, 1.82) is 0 Å². The first-order valence-electron chi connectivity index (χ1n) is 4.66. The molecule has 2 nitrogen and oxygen atoms in total. The van der Waals surface area contributed by atoms with Crippen LogP contribution in [0, 0.1) is 0 Å². The molecule has 15 heavy (non-hydrogen) atoms. The SMILES string of the molecule is OC1C=CC=C(c2ccccc2)C1(O)Cl. The zero-order chi connectivity index (χ0) is 10.9. The van der Waals surface area contributed by atoms with E-state index in [2.05, 4.69) is 0 Å². The third kappa shape index (κ3) is 1.84. The summed E-state index contributed by atoms with van der Waals surface area (Å²) in [5.41, 5.74) is 1.32. The summed E-state index contributed by atoms with van der Waals surface area (Å²) < 4.78 is 0. The predicted octanol–water partition coefficient (Wildman–Crippen LogP) is 1.93. The molecule has 1 aromatic carbocycles. The molecule has 2 unspecified atom stereocenters. The van der Waals surface area contributed by atoms with E-state index < -0.39 is 11.2 Å². The van der Waals surface area contributed by atoms with Crippen LogP contribution < -0.4 is 0 Å². The molecule has 0 saturated heterocycles. The molecule has 0 aromatic heterocycles. The van der Waals surface area contributed by atoms with Crippen LogP contribution in [0.15, 0.2) is 48.6 Å². The Balaban J connectivity index is 2.45. The lowest BCUT2D eigenvalue weighted by Gasteiger charge is -2.29. The fourth-order valence-electron chi connectivity index (χ4n) is 1.58. The lowest BCUT2D eigenvalue weighted by atomic mass is 9.92. The van der Waals surface area contributed by atoms with Gasteiger partial charge in [-0.25, -0.2) is 0 Å². The summed E-state index contributed by atoms with van der Waals surface area (Å²) in [7, 11) is 0. The van der Waals surface area contributed by atoms with Crippen molar-refractivity contribution < 1.29 is 10.2 Å². The van der Waals surface area contributed by atoms with Gasteiger partial charge in [0.25, 0.3) is 0 Å². The molecular weight excluding hydrogens is 212 g/mol. The van der Waals surface area contributed by atoms with E-state index in [-0.39, 0.29) is 0 Å². The van der Waals surface area contributed by atoms with Crippen LogP contribution in [0.1, 0.15) is 5.56 Å². The second-order valence-corrected chi connectivity index (χ2v) is 4.03. The highest BCUT2D eigenvalue weighted by Gasteiger charge is 2.37. The number of halogens is 1. The van der Waals surface area contributed by atoms with Gasteiger partial charge in [-0.1, -0.05) is 60.2 Å². The van der Waals surface area contributed by atoms with Crippen molar-refractivity contribution in [1.82, 2.24) is 0 Å². The lowest BCUT2D eigenvalue weighted by molar-refractivity contribution is 0.0551. The van der Waals surface area contributed by atoms with Crippen LogP contribution >= 0.6 is 11.6 Å². The maximum absolute atomic E-state index is 9.95. The first-order chi connectivity index (χ1) is 7.12. The van der Waals surface area contributed by atoms with Crippen LogP contribution in [0.4, 0.5) is 0 Å². The van der Waals surface area contributed by atoms with Crippen LogP contribution in [-0.4, -0.2) is 21.4 Å². The molecule has 0 fully saturated rings. The van der Waals surface area contributed by atoms with E-state index in [0.717, 1.165) is 5.56 Å². The Morgan fingerprint density at radius 1 is 1.20 bits per heavy atom. The highest BCUT2D eigenvalue weighted by atomic mass is 35.5. The average Bonchev–Trinajstić information content (AvgIpc) is 2.23. The van der Waals surface area contributed by atoms with Crippen molar-refractivity contribution in [2.24, 2.45) is 0 Å². The number of aliphatic hydroxyl groups is 2. The molecule has 0 saturated carbocycles. The summed E-state index contributed by atoms with van der Waals surface area (Å²) in [5.74, 6) is 0. The number of alkyl halides is 1. The molecule has 2 rings (SSSR count). The molecule has 2 N–H and O–H groups in total. The lowest BCUT2D eigenvalue weighted by Crippen LogP contribution is -2.37. The monoisotopic (exact) mass is 222 g/mol. The number of allylic oxidation sites excluding steroid dienone is 2. The quantitative estimate of drug-likeness (QED) is 0.713. The summed E-state index contributed by atoms with van der Waals surface area (Å²) in [4.78, 5) is 0. The number of hydrogen-bond acceptors (Lipinski definition) is 2.